The van der Waals surface area contributed by atoms with Gasteiger partial charge in [-0.1, -0.05) is 24.3 Å². The van der Waals surface area contributed by atoms with Crippen molar-refractivity contribution < 1.29 is 17.9 Å². The zero-order chi connectivity index (χ0) is 15.9. The number of guanidine groups is 1. The van der Waals surface area contributed by atoms with Crippen molar-refractivity contribution in [3.05, 3.63) is 42.0 Å². The van der Waals surface area contributed by atoms with E-state index in [0.29, 0.717) is 25.5 Å². The van der Waals surface area contributed by atoms with Crippen LogP contribution in [0.5, 0.6) is 5.75 Å². The van der Waals surface area contributed by atoms with E-state index < -0.39 is 6.36 Å². The maximum absolute atomic E-state index is 12.0. The molecule has 4 nitrogen and oxygen atoms in total. The first kappa shape index (κ1) is 20.6. The van der Waals surface area contributed by atoms with Crippen molar-refractivity contribution in [2.45, 2.75) is 19.7 Å². The van der Waals surface area contributed by atoms with Crippen LogP contribution < -0.4 is 15.8 Å². The first-order valence-corrected chi connectivity index (χ1v) is 6.29. The van der Waals surface area contributed by atoms with Gasteiger partial charge in [-0.25, -0.2) is 4.99 Å². The predicted molar refractivity (Wildman–Crippen MR) is 91.6 cm³/mol. The van der Waals surface area contributed by atoms with Crippen molar-refractivity contribution in [1.29, 1.82) is 0 Å². The van der Waals surface area contributed by atoms with Gasteiger partial charge in [0.1, 0.15) is 5.75 Å². The second-order valence-corrected chi connectivity index (χ2v) is 4.53. The molecule has 3 N–H and O–H groups in total. The Kier molecular flexibility index (Phi) is 8.91. The number of benzene rings is 1. The fraction of sp³-hybridized carbons (Fsp3) is 0.357. The molecule has 0 aromatic heterocycles. The van der Waals surface area contributed by atoms with Gasteiger partial charge in [-0.05, 0) is 31.0 Å². The van der Waals surface area contributed by atoms with Crippen LogP contribution in [0, 0.1) is 0 Å². The Morgan fingerprint density at radius 1 is 1.32 bits per heavy atom. The lowest BCUT2D eigenvalue weighted by Gasteiger charge is -2.09. The van der Waals surface area contributed by atoms with E-state index in [0.717, 1.165) is 11.1 Å². The second-order valence-electron chi connectivity index (χ2n) is 4.53. The Balaban J connectivity index is 0.00000441. The number of rotatable bonds is 6. The van der Waals surface area contributed by atoms with Gasteiger partial charge < -0.3 is 15.8 Å². The molecule has 8 heteroatoms. The Morgan fingerprint density at radius 2 is 1.91 bits per heavy atom. The SMILES string of the molecule is C=C(C)CN=C(N)NCCc1ccc(OC(F)(F)F)cc1.I. The molecule has 0 saturated heterocycles. The quantitative estimate of drug-likeness (QED) is 0.316. The fourth-order valence-electron chi connectivity index (χ4n) is 1.47. The lowest BCUT2D eigenvalue weighted by Crippen LogP contribution is -2.33. The number of aliphatic imine (C=N–C) groups is 1. The molecular formula is C14H19F3IN3O. The summed E-state index contributed by atoms with van der Waals surface area (Å²) in [5.74, 6) is 0.0803. The highest BCUT2D eigenvalue weighted by Gasteiger charge is 2.30. The molecule has 0 fully saturated rings. The van der Waals surface area contributed by atoms with Crippen LogP contribution in [0.1, 0.15) is 12.5 Å². The van der Waals surface area contributed by atoms with Crippen LogP contribution in [-0.4, -0.2) is 25.4 Å². The van der Waals surface area contributed by atoms with Gasteiger partial charge in [-0.2, -0.15) is 0 Å². The third-order valence-electron chi connectivity index (χ3n) is 2.40. The van der Waals surface area contributed by atoms with Crippen LogP contribution in [0.2, 0.25) is 0 Å². The minimum absolute atomic E-state index is 0. The van der Waals surface area contributed by atoms with Crippen LogP contribution in [0.25, 0.3) is 0 Å². The van der Waals surface area contributed by atoms with Gasteiger partial charge in [0.25, 0.3) is 0 Å². The summed E-state index contributed by atoms with van der Waals surface area (Å²) in [5, 5.41) is 2.91. The zero-order valence-electron chi connectivity index (χ0n) is 12.1. The first-order valence-electron chi connectivity index (χ1n) is 6.29. The summed E-state index contributed by atoms with van der Waals surface area (Å²) in [4.78, 5) is 4.05. The van der Waals surface area contributed by atoms with E-state index in [4.69, 9.17) is 5.73 Å². The summed E-state index contributed by atoms with van der Waals surface area (Å²) in [5.41, 5.74) is 7.40. The number of nitrogens with two attached hydrogens (primary N) is 1. The summed E-state index contributed by atoms with van der Waals surface area (Å²) in [6.07, 6.45) is -4.06. The molecule has 0 aliphatic heterocycles. The van der Waals surface area contributed by atoms with Gasteiger partial charge in [-0.15, -0.1) is 37.1 Å². The largest absolute Gasteiger partial charge is 0.573 e. The Bertz CT molecular complexity index is 501. The number of hydrogen-bond donors (Lipinski definition) is 2. The summed E-state index contributed by atoms with van der Waals surface area (Å²) >= 11 is 0. The average Bonchev–Trinajstić information content (AvgIpc) is 2.37. The zero-order valence-corrected chi connectivity index (χ0v) is 14.4. The van der Waals surface area contributed by atoms with Crippen LogP contribution >= 0.6 is 24.0 Å². The standard InChI is InChI=1S/C14H18F3N3O.HI/c1-10(2)9-20-13(18)19-8-7-11-3-5-12(6-4-11)21-14(15,16)17;/h3-6H,1,7-9H2,2H3,(H3,18,19,20);1H. The van der Waals surface area contributed by atoms with E-state index in [1.165, 1.54) is 12.1 Å². The molecule has 0 atom stereocenters. The summed E-state index contributed by atoms with van der Waals surface area (Å²) in [7, 11) is 0. The van der Waals surface area contributed by atoms with Gasteiger partial charge in [-0.3, -0.25) is 0 Å². The summed E-state index contributed by atoms with van der Waals surface area (Å²) in [6.45, 7) is 6.55. The smallest absolute Gasteiger partial charge is 0.406 e. The van der Waals surface area contributed by atoms with Crippen molar-refractivity contribution in [2.75, 3.05) is 13.1 Å². The molecule has 1 aromatic rings. The van der Waals surface area contributed by atoms with Crippen molar-refractivity contribution in [3.8, 4) is 5.75 Å². The minimum atomic E-state index is -4.67. The number of nitrogens with one attached hydrogen (secondary N) is 1. The van der Waals surface area contributed by atoms with E-state index >= 15 is 0 Å². The third-order valence-corrected chi connectivity index (χ3v) is 2.40. The molecule has 0 spiro atoms. The monoisotopic (exact) mass is 429 g/mol. The Labute approximate surface area is 144 Å². The number of alkyl halides is 3. The molecule has 0 aliphatic rings. The summed E-state index contributed by atoms with van der Waals surface area (Å²) in [6, 6.07) is 5.70. The number of ether oxygens (including phenoxy) is 1. The molecule has 1 aromatic carbocycles. The average molecular weight is 429 g/mol. The van der Waals surface area contributed by atoms with E-state index in [9.17, 15) is 13.2 Å². The fourth-order valence-corrected chi connectivity index (χ4v) is 1.47. The lowest BCUT2D eigenvalue weighted by molar-refractivity contribution is -0.274. The molecule has 0 unspecified atom stereocenters. The molecule has 0 saturated carbocycles. The highest BCUT2D eigenvalue weighted by molar-refractivity contribution is 14.0. The highest BCUT2D eigenvalue weighted by atomic mass is 127. The normalized spacial score (nSPS) is 11.5. The minimum Gasteiger partial charge on any atom is -0.406 e. The summed E-state index contributed by atoms with van der Waals surface area (Å²) < 4.78 is 39.8. The molecule has 124 valence electrons. The van der Waals surface area contributed by atoms with Crippen molar-refractivity contribution in [3.63, 3.8) is 0 Å². The molecule has 0 amide bonds. The predicted octanol–water partition coefficient (Wildman–Crippen LogP) is 3.23. The third kappa shape index (κ3) is 9.48. The molecule has 22 heavy (non-hydrogen) atoms. The van der Waals surface area contributed by atoms with Gasteiger partial charge >= 0.3 is 6.36 Å². The van der Waals surface area contributed by atoms with Crippen LogP contribution in [-0.2, 0) is 6.42 Å². The van der Waals surface area contributed by atoms with Crippen LogP contribution in [0.3, 0.4) is 0 Å². The molecule has 0 heterocycles. The van der Waals surface area contributed by atoms with E-state index in [1.807, 2.05) is 6.92 Å². The number of nitrogens with zero attached hydrogens (tertiary/aromatic N) is 1. The number of halogens is 4. The molecule has 0 radical (unpaired) electrons. The van der Waals surface area contributed by atoms with Gasteiger partial charge in [0.05, 0.1) is 6.54 Å². The highest BCUT2D eigenvalue weighted by Crippen LogP contribution is 2.22. The molecule has 0 bridgehead atoms. The van der Waals surface area contributed by atoms with Gasteiger partial charge in [0.15, 0.2) is 5.96 Å². The van der Waals surface area contributed by atoms with E-state index in [-0.39, 0.29) is 29.7 Å². The van der Waals surface area contributed by atoms with Gasteiger partial charge in [0, 0.05) is 6.54 Å². The second kappa shape index (κ2) is 9.54. The van der Waals surface area contributed by atoms with Crippen molar-refractivity contribution >= 4 is 29.9 Å². The maximum atomic E-state index is 12.0. The number of hydrogen-bond acceptors (Lipinski definition) is 2. The lowest BCUT2D eigenvalue weighted by atomic mass is 10.1. The topological polar surface area (TPSA) is 59.6 Å². The van der Waals surface area contributed by atoms with E-state index in [1.54, 1.807) is 12.1 Å². The Morgan fingerprint density at radius 3 is 2.41 bits per heavy atom. The Hall–Kier alpha value is -1.45. The van der Waals surface area contributed by atoms with Gasteiger partial charge in [0.2, 0.25) is 0 Å². The molecule has 1 rings (SSSR count). The molecular weight excluding hydrogens is 410 g/mol. The first-order chi connectivity index (χ1) is 9.76. The van der Waals surface area contributed by atoms with Crippen LogP contribution in [0.4, 0.5) is 13.2 Å². The maximum Gasteiger partial charge on any atom is 0.573 e. The molecule has 0 aliphatic carbocycles. The van der Waals surface area contributed by atoms with Crippen LogP contribution in [0.15, 0.2) is 41.4 Å². The van der Waals surface area contributed by atoms with Crippen molar-refractivity contribution in [2.24, 2.45) is 10.7 Å². The van der Waals surface area contributed by atoms with Crippen molar-refractivity contribution in [1.82, 2.24) is 5.32 Å². The van der Waals surface area contributed by atoms with E-state index in [2.05, 4.69) is 21.6 Å².